The third-order valence-electron chi connectivity index (χ3n) is 3.05. The average Bonchev–Trinajstić information content (AvgIpc) is 3.03. The maximum absolute atomic E-state index is 5.91. The highest BCUT2D eigenvalue weighted by Crippen LogP contribution is 2.34. The lowest BCUT2D eigenvalue weighted by atomic mass is 10.1. The fourth-order valence-electron chi connectivity index (χ4n) is 2.20. The summed E-state index contributed by atoms with van der Waals surface area (Å²) < 4.78 is 12.5. The summed E-state index contributed by atoms with van der Waals surface area (Å²) in [6, 6.07) is 5.72. The Morgan fingerprint density at radius 2 is 2.11 bits per heavy atom. The Hall–Kier alpha value is -1.75. The number of benzene rings is 1. The van der Waals surface area contributed by atoms with Crippen molar-refractivity contribution in [3.8, 4) is 17.2 Å². The number of aromatic nitrogens is 3. The maximum Gasteiger partial charge on any atom is 0.231 e. The first-order valence-corrected chi connectivity index (χ1v) is 6.64. The summed E-state index contributed by atoms with van der Waals surface area (Å²) in [5.74, 6) is 2.13. The Kier molecular flexibility index (Phi) is 3.06. The Labute approximate surface area is 116 Å². The van der Waals surface area contributed by atoms with Crippen LogP contribution >= 0.6 is 11.6 Å². The molecule has 1 aliphatic heterocycles. The molecule has 0 atom stereocenters. The zero-order valence-corrected chi connectivity index (χ0v) is 11.5. The second-order valence-corrected chi connectivity index (χ2v) is 4.93. The molecular formula is C13H14ClN3O2. The van der Waals surface area contributed by atoms with Crippen LogP contribution in [0, 0.1) is 0 Å². The van der Waals surface area contributed by atoms with Crippen molar-refractivity contribution in [2.75, 3.05) is 6.79 Å². The maximum atomic E-state index is 5.91. The van der Waals surface area contributed by atoms with Crippen molar-refractivity contribution in [2.45, 2.75) is 25.6 Å². The molecule has 0 unspecified atom stereocenters. The molecule has 0 radical (unpaired) electrons. The highest BCUT2D eigenvalue weighted by atomic mass is 35.5. The third kappa shape index (κ3) is 2.04. The van der Waals surface area contributed by atoms with Crippen LogP contribution in [-0.2, 0) is 5.88 Å². The number of alkyl halides is 1. The molecule has 19 heavy (non-hydrogen) atoms. The van der Waals surface area contributed by atoms with Crippen LogP contribution in [0.25, 0.3) is 5.69 Å². The van der Waals surface area contributed by atoms with E-state index < -0.39 is 0 Å². The SMILES string of the molecule is CC(C)c1c(CCl)nnn1-c1ccc2c(c1)OCO2. The first kappa shape index (κ1) is 12.3. The number of halogens is 1. The molecule has 5 nitrogen and oxygen atoms in total. The molecule has 3 rings (SSSR count). The molecule has 0 bridgehead atoms. The van der Waals surface area contributed by atoms with Gasteiger partial charge in [-0.3, -0.25) is 0 Å². The lowest BCUT2D eigenvalue weighted by Gasteiger charge is -2.10. The van der Waals surface area contributed by atoms with Crippen LogP contribution in [0.15, 0.2) is 18.2 Å². The Morgan fingerprint density at radius 1 is 1.32 bits per heavy atom. The second kappa shape index (κ2) is 4.74. The number of fused-ring (bicyclic) bond motifs is 1. The van der Waals surface area contributed by atoms with Crippen molar-refractivity contribution in [3.63, 3.8) is 0 Å². The molecule has 1 aromatic carbocycles. The van der Waals surface area contributed by atoms with Crippen LogP contribution in [0.3, 0.4) is 0 Å². The molecule has 1 aliphatic rings. The van der Waals surface area contributed by atoms with E-state index in [9.17, 15) is 0 Å². The molecule has 1 aromatic heterocycles. The lowest BCUT2D eigenvalue weighted by Crippen LogP contribution is -2.05. The standard InChI is InChI=1S/C13H14ClN3O2/c1-8(2)13-10(6-14)15-16-17(13)9-3-4-11-12(5-9)19-7-18-11/h3-5,8H,6-7H2,1-2H3. The number of ether oxygens (including phenoxy) is 2. The molecule has 0 spiro atoms. The smallest absolute Gasteiger partial charge is 0.231 e. The fourth-order valence-corrected chi connectivity index (χ4v) is 2.39. The van der Waals surface area contributed by atoms with Crippen molar-refractivity contribution in [1.29, 1.82) is 0 Å². The first-order valence-electron chi connectivity index (χ1n) is 6.11. The summed E-state index contributed by atoms with van der Waals surface area (Å²) in [6.07, 6.45) is 0. The molecule has 2 heterocycles. The van der Waals surface area contributed by atoms with Crippen molar-refractivity contribution in [2.24, 2.45) is 0 Å². The van der Waals surface area contributed by atoms with Gasteiger partial charge < -0.3 is 9.47 Å². The van der Waals surface area contributed by atoms with Gasteiger partial charge in [0.1, 0.15) is 5.69 Å². The molecule has 0 amide bonds. The van der Waals surface area contributed by atoms with E-state index in [-0.39, 0.29) is 12.7 Å². The quantitative estimate of drug-likeness (QED) is 0.811. The summed E-state index contributed by atoms with van der Waals surface area (Å²) in [4.78, 5) is 0. The summed E-state index contributed by atoms with van der Waals surface area (Å²) >= 11 is 5.91. The minimum Gasteiger partial charge on any atom is -0.454 e. The first-order chi connectivity index (χ1) is 9.20. The van der Waals surface area contributed by atoms with Gasteiger partial charge in [0.05, 0.1) is 17.3 Å². The van der Waals surface area contributed by atoms with Crippen LogP contribution in [0.2, 0.25) is 0 Å². The molecule has 6 heteroatoms. The van der Waals surface area contributed by atoms with E-state index in [4.69, 9.17) is 21.1 Å². The average molecular weight is 280 g/mol. The van der Waals surface area contributed by atoms with Crippen LogP contribution in [0.1, 0.15) is 31.2 Å². The minimum absolute atomic E-state index is 0.264. The molecule has 2 aromatic rings. The van der Waals surface area contributed by atoms with E-state index in [1.165, 1.54) is 0 Å². The molecule has 0 aliphatic carbocycles. The van der Waals surface area contributed by atoms with E-state index in [0.717, 1.165) is 28.6 Å². The largest absolute Gasteiger partial charge is 0.454 e. The van der Waals surface area contributed by atoms with Gasteiger partial charge in [0.2, 0.25) is 6.79 Å². The molecule has 0 saturated carbocycles. The molecule has 0 saturated heterocycles. The Bertz CT molecular complexity index is 610. The summed E-state index contributed by atoms with van der Waals surface area (Å²) in [5, 5.41) is 8.32. The molecule has 100 valence electrons. The minimum atomic E-state index is 0.264. The fraction of sp³-hybridized carbons (Fsp3) is 0.385. The zero-order valence-electron chi connectivity index (χ0n) is 10.8. The van der Waals surface area contributed by atoms with E-state index in [1.807, 2.05) is 22.9 Å². The predicted octanol–water partition coefficient (Wildman–Crippen LogP) is 2.86. The van der Waals surface area contributed by atoms with Crippen LogP contribution in [0.4, 0.5) is 0 Å². The van der Waals surface area contributed by atoms with Gasteiger partial charge in [-0.1, -0.05) is 19.1 Å². The number of rotatable bonds is 3. The molecule has 0 N–H and O–H groups in total. The highest BCUT2D eigenvalue weighted by Gasteiger charge is 2.19. The third-order valence-corrected chi connectivity index (χ3v) is 3.31. The molecular weight excluding hydrogens is 266 g/mol. The summed E-state index contributed by atoms with van der Waals surface area (Å²) in [5.41, 5.74) is 2.74. The van der Waals surface area contributed by atoms with Crippen molar-refractivity contribution < 1.29 is 9.47 Å². The van der Waals surface area contributed by atoms with Crippen LogP contribution < -0.4 is 9.47 Å². The number of hydrogen-bond acceptors (Lipinski definition) is 4. The second-order valence-electron chi connectivity index (χ2n) is 4.66. The van der Waals surface area contributed by atoms with Gasteiger partial charge in [-0.05, 0) is 18.1 Å². The predicted molar refractivity (Wildman–Crippen MR) is 71.1 cm³/mol. The van der Waals surface area contributed by atoms with Crippen molar-refractivity contribution in [1.82, 2.24) is 15.0 Å². The van der Waals surface area contributed by atoms with Gasteiger partial charge in [0.15, 0.2) is 11.5 Å². The number of hydrogen-bond donors (Lipinski definition) is 0. The van der Waals surface area contributed by atoms with Crippen molar-refractivity contribution >= 4 is 11.6 Å². The normalized spacial score (nSPS) is 13.3. The topological polar surface area (TPSA) is 49.2 Å². The van der Waals surface area contributed by atoms with Gasteiger partial charge in [-0.25, -0.2) is 4.68 Å². The van der Waals surface area contributed by atoms with Gasteiger partial charge in [0, 0.05) is 6.07 Å². The monoisotopic (exact) mass is 279 g/mol. The van der Waals surface area contributed by atoms with Gasteiger partial charge in [-0.15, -0.1) is 16.7 Å². The van der Waals surface area contributed by atoms with E-state index in [1.54, 1.807) is 0 Å². The highest BCUT2D eigenvalue weighted by molar-refractivity contribution is 6.16. The van der Waals surface area contributed by atoms with E-state index >= 15 is 0 Å². The summed E-state index contributed by atoms with van der Waals surface area (Å²) in [7, 11) is 0. The Balaban J connectivity index is 2.09. The zero-order chi connectivity index (χ0) is 13.4. The lowest BCUT2D eigenvalue weighted by molar-refractivity contribution is 0.174. The van der Waals surface area contributed by atoms with Gasteiger partial charge in [0.25, 0.3) is 0 Å². The number of nitrogens with zero attached hydrogens (tertiary/aromatic N) is 3. The van der Waals surface area contributed by atoms with Gasteiger partial charge >= 0.3 is 0 Å². The van der Waals surface area contributed by atoms with Crippen molar-refractivity contribution in [3.05, 3.63) is 29.6 Å². The molecule has 0 fully saturated rings. The van der Waals surface area contributed by atoms with E-state index in [2.05, 4.69) is 24.2 Å². The Morgan fingerprint density at radius 3 is 2.84 bits per heavy atom. The van der Waals surface area contributed by atoms with Gasteiger partial charge in [-0.2, -0.15) is 0 Å². The van der Waals surface area contributed by atoms with Crippen LogP contribution in [-0.4, -0.2) is 21.8 Å². The summed E-state index contributed by atoms with van der Waals surface area (Å²) in [6.45, 7) is 4.45. The van der Waals surface area contributed by atoms with Crippen LogP contribution in [0.5, 0.6) is 11.5 Å². The van der Waals surface area contributed by atoms with E-state index in [0.29, 0.717) is 5.88 Å².